The largest absolute Gasteiger partial charge is 0.475 e. The molecule has 0 amide bonds. The minimum Gasteiger partial charge on any atom is -0.475 e. The molecule has 1 saturated heterocycles. The van der Waals surface area contributed by atoms with Gasteiger partial charge in [0.1, 0.15) is 12.7 Å². The molecule has 6 nitrogen and oxygen atoms in total. The first-order valence-corrected chi connectivity index (χ1v) is 11.9. The molecule has 1 aromatic rings. The Morgan fingerprint density at radius 1 is 1.09 bits per heavy atom. The van der Waals surface area contributed by atoms with Gasteiger partial charge in [-0.2, -0.15) is 17.6 Å². The van der Waals surface area contributed by atoms with Crippen LogP contribution in [0.5, 0.6) is 0 Å². The maximum atomic E-state index is 14.7. The number of aliphatic imine (C=N–C) groups is 1. The van der Waals surface area contributed by atoms with Crippen LogP contribution in [0.2, 0.25) is 0 Å². The molecule has 34 heavy (non-hydrogen) atoms. The summed E-state index contributed by atoms with van der Waals surface area (Å²) in [6.45, 7) is 4.86. The van der Waals surface area contributed by atoms with Crippen LogP contribution in [0.15, 0.2) is 41.3 Å². The van der Waals surface area contributed by atoms with Crippen molar-refractivity contribution in [3.63, 3.8) is 0 Å². The smallest absolute Gasteiger partial charge is 0.403 e. The van der Waals surface area contributed by atoms with E-state index >= 15 is 0 Å². The number of nitrogens with one attached hydrogen (secondary N) is 1. The Labute approximate surface area is 197 Å². The van der Waals surface area contributed by atoms with E-state index in [0.717, 1.165) is 57.4 Å². The zero-order valence-electron chi connectivity index (χ0n) is 19.4. The SMILES string of the molecule is CC(NC1CCC(COC2=NCN(c3ccc(N4CCOCC4)cc3)C=C2F)CC1)C(F)(F)F. The van der Waals surface area contributed by atoms with E-state index in [9.17, 15) is 17.6 Å². The van der Waals surface area contributed by atoms with Gasteiger partial charge in [0.15, 0.2) is 0 Å². The van der Waals surface area contributed by atoms with E-state index in [0.29, 0.717) is 19.4 Å². The maximum Gasteiger partial charge on any atom is 0.403 e. The number of ether oxygens (including phenoxy) is 2. The zero-order chi connectivity index (χ0) is 24.1. The molecule has 1 saturated carbocycles. The van der Waals surface area contributed by atoms with Gasteiger partial charge < -0.3 is 24.6 Å². The predicted molar refractivity (Wildman–Crippen MR) is 124 cm³/mol. The van der Waals surface area contributed by atoms with Gasteiger partial charge in [0, 0.05) is 36.7 Å². The highest BCUT2D eigenvalue weighted by molar-refractivity contribution is 5.92. The van der Waals surface area contributed by atoms with E-state index in [-0.39, 0.29) is 24.5 Å². The average Bonchev–Trinajstić information content (AvgIpc) is 2.84. The number of anilines is 2. The summed E-state index contributed by atoms with van der Waals surface area (Å²) >= 11 is 0. The lowest BCUT2D eigenvalue weighted by Crippen LogP contribution is -2.46. The maximum absolute atomic E-state index is 14.7. The predicted octanol–water partition coefficient (Wildman–Crippen LogP) is 4.63. The van der Waals surface area contributed by atoms with Gasteiger partial charge in [-0.3, -0.25) is 0 Å². The minimum absolute atomic E-state index is 0.00729. The fraction of sp³-hybridized carbons (Fsp3) is 0.625. The van der Waals surface area contributed by atoms with Crippen molar-refractivity contribution in [2.75, 3.05) is 49.4 Å². The number of nitrogens with zero attached hydrogens (tertiary/aromatic N) is 3. The number of morpholine rings is 1. The monoisotopic (exact) mass is 484 g/mol. The third-order valence-corrected chi connectivity index (χ3v) is 6.68. The number of halogens is 4. The summed E-state index contributed by atoms with van der Waals surface area (Å²) in [6, 6.07) is 6.26. The van der Waals surface area contributed by atoms with Crippen LogP contribution in [0.3, 0.4) is 0 Å². The van der Waals surface area contributed by atoms with Gasteiger partial charge in [0.2, 0.25) is 11.7 Å². The molecule has 10 heteroatoms. The van der Waals surface area contributed by atoms with Crippen LogP contribution >= 0.6 is 0 Å². The summed E-state index contributed by atoms with van der Waals surface area (Å²) in [5.41, 5.74) is 1.95. The average molecular weight is 485 g/mol. The summed E-state index contributed by atoms with van der Waals surface area (Å²) in [7, 11) is 0. The first-order chi connectivity index (χ1) is 16.3. The van der Waals surface area contributed by atoms with E-state index < -0.39 is 18.0 Å². The molecule has 2 fully saturated rings. The van der Waals surface area contributed by atoms with Crippen molar-refractivity contribution in [1.29, 1.82) is 0 Å². The Balaban J connectivity index is 1.22. The Morgan fingerprint density at radius 3 is 2.35 bits per heavy atom. The first-order valence-electron chi connectivity index (χ1n) is 11.9. The Hall–Kier alpha value is -2.33. The molecule has 2 aliphatic heterocycles. The quantitative estimate of drug-likeness (QED) is 0.597. The standard InChI is InChI=1S/C24H32F4N4O2/c1-17(24(26,27)28)30-19-4-2-18(3-5-19)15-34-23-22(25)14-32(16-29-23)21-8-6-20(7-9-21)31-10-12-33-13-11-31/h6-9,14,17-19,30H,2-5,10-13,15-16H2,1H3. The second-order valence-electron chi connectivity index (χ2n) is 9.13. The van der Waals surface area contributed by atoms with Crippen molar-refractivity contribution in [2.45, 2.75) is 50.9 Å². The van der Waals surface area contributed by atoms with Crippen LogP contribution in [0.4, 0.5) is 28.9 Å². The van der Waals surface area contributed by atoms with Crippen LogP contribution in [0.25, 0.3) is 0 Å². The summed E-state index contributed by atoms with van der Waals surface area (Å²) in [5.74, 6) is -0.356. The Bertz CT molecular complexity index is 861. The number of benzene rings is 1. The lowest BCUT2D eigenvalue weighted by atomic mass is 9.86. The molecule has 1 unspecified atom stereocenters. The molecule has 3 aliphatic rings. The zero-order valence-corrected chi connectivity index (χ0v) is 19.4. The summed E-state index contributed by atoms with van der Waals surface area (Å²) in [6.07, 6.45) is -0.0705. The van der Waals surface area contributed by atoms with Gasteiger partial charge in [-0.15, -0.1) is 0 Å². The van der Waals surface area contributed by atoms with E-state index in [4.69, 9.17) is 9.47 Å². The highest BCUT2D eigenvalue weighted by Crippen LogP contribution is 2.29. The minimum atomic E-state index is -4.23. The third kappa shape index (κ3) is 6.41. The lowest BCUT2D eigenvalue weighted by molar-refractivity contribution is -0.154. The third-order valence-electron chi connectivity index (χ3n) is 6.68. The lowest BCUT2D eigenvalue weighted by Gasteiger charge is -2.32. The van der Waals surface area contributed by atoms with Gasteiger partial charge in [-0.1, -0.05) is 0 Å². The van der Waals surface area contributed by atoms with E-state index in [2.05, 4.69) is 15.2 Å². The van der Waals surface area contributed by atoms with Gasteiger partial charge in [-0.05, 0) is 62.8 Å². The topological polar surface area (TPSA) is 49.3 Å². The Morgan fingerprint density at radius 2 is 1.74 bits per heavy atom. The molecule has 0 radical (unpaired) electrons. The van der Waals surface area contributed by atoms with Gasteiger partial charge in [0.25, 0.3) is 0 Å². The van der Waals surface area contributed by atoms with Crippen LogP contribution < -0.4 is 15.1 Å². The summed E-state index contributed by atoms with van der Waals surface area (Å²) in [4.78, 5) is 8.24. The molecule has 0 spiro atoms. The van der Waals surface area contributed by atoms with Crippen molar-refractivity contribution in [2.24, 2.45) is 10.9 Å². The highest BCUT2D eigenvalue weighted by atomic mass is 19.4. The molecule has 0 bridgehead atoms. The first kappa shape index (κ1) is 24.8. The van der Waals surface area contributed by atoms with Crippen LogP contribution in [-0.4, -0.2) is 63.7 Å². The summed E-state index contributed by atoms with van der Waals surface area (Å²) in [5, 5.41) is 2.66. The molecule has 2 heterocycles. The number of hydrogen-bond donors (Lipinski definition) is 1. The fourth-order valence-corrected chi connectivity index (χ4v) is 4.54. The van der Waals surface area contributed by atoms with Crippen molar-refractivity contribution in [1.82, 2.24) is 5.32 Å². The van der Waals surface area contributed by atoms with E-state index in [1.165, 1.54) is 6.20 Å². The molecule has 1 aromatic carbocycles. The van der Waals surface area contributed by atoms with Crippen molar-refractivity contribution >= 4 is 17.3 Å². The molecule has 4 rings (SSSR count). The van der Waals surface area contributed by atoms with Crippen LogP contribution in [0.1, 0.15) is 32.6 Å². The molecule has 188 valence electrons. The van der Waals surface area contributed by atoms with Gasteiger partial charge in [0.05, 0.1) is 19.8 Å². The normalized spacial score (nSPS) is 25.0. The second kappa shape index (κ2) is 10.9. The van der Waals surface area contributed by atoms with Gasteiger partial charge in [-0.25, -0.2) is 4.99 Å². The highest BCUT2D eigenvalue weighted by Gasteiger charge is 2.37. The van der Waals surface area contributed by atoms with Crippen LogP contribution in [0, 0.1) is 5.92 Å². The van der Waals surface area contributed by atoms with E-state index in [1.54, 1.807) is 4.90 Å². The molecule has 0 aromatic heterocycles. The Kier molecular flexibility index (Phi) is 7.98. The van der Waals surface area contributed by atoms with E-state index in [1.807, 2.05) is 24.3 Å². The molecule has 1 N–H and O–H groups in total. The van der Waals surface area contributed by atoms with Crippen molar-refractivity contribution in [3.8, 4) is 0 Å². The number of rotatable bonds is 6. The van der Waals surface area contributed by atoms with Crippen LogP contribution in [-0.2, 0) is 9.47 Å². The number of hydrogen-bond acceptors (Lipinski definition) is 6. The second-order valence-corrected chi connectivity index (χ2v) is 9.13. The molecule has 1 aliphatic carbocycles. The summed E-state index contributed by atoms with van der Waals surface area (Å²) < 4.78 is 63.9. The number of alkyl halides is 3. The molecule has 1 atom stereocenters. The molecular weight excluding hydrogens is 452 g/mol. The van der Waals surface area contributed by atoms with Gasteiger partial charge >= 0.3 is 6.18 Å². The fourth-order valence-electron chi connectivity index (χ4n) is 4.54. The molecular formula is C24H32F4N4O2. The van der Waals surface area contributed by atoms with Crippen molar-refractivity contribution in [3.05, 3.63) is 36.3 Å². The van der Waals surface area contributed by atoms with Crippen molar-refractivity contribution < 1.29 is 27.0 Å².